The van der Waals surface area contributed by atoms with E-state index >= 15 is 0 Å². The Labute approximate surface area is 82.1 Å². The Morgan fingerprint density at radius 3 is 2.43 bits per heavy atom. The van der Waals surface area contributed by atoms with Gasteiger partial charge in [0.25, 0.3) is 0 Å². The number of hydrogen-bond donors (Lipinski definition) is 4. The maximum Gasteiger partial charge on any atom is 0.336 e. The van der Waals surface area contributed by atoms with E-state index in [9.17, 15) is 14.7 Å². The van der Waals surface area contributed by atoms with Gasteiger partial charge in [0.15, 0.2) is 5.60 Å². The average molecular weight is 204 g/mol. The molecule has 14 heavy (non-hydrogen) atoms. The molecule has 2 atom stereocenters. The van der Waals surface area contributed by atoms with Crippen LogP contribution in [-0.2, 0) is 9.59 Å². The van der Waals surface area contributed by atoms with Crippen LogP contribution in [0.2, 0.25) is 0 Å². The van der Waals surface area contributed by atoms with Crippen LogP contribution in [0.1, 0.15) is 20.3 Å². The third-order valence-corrected chi connectivity index (χ3v) is 1.76. The first-order valence-electron chi connectivity index (χ1n) is 4.23. The average Bonchev–Trinajstić information content (AvgIpc) is 1.99. The maximum atomic E-state index is 10.5. The molecule has 0 rings (SSSR count). The van der Waals surface area contributed by atoms with E-state index in [2.05, 4.69) is 5.32 Å². The van der Waals surface area contributed by atoms with Crippen molar-refractivity contribution < 1.29 is 19.8 Å². The van der Waals surface area contributed by atoms with Gasteiger partial charge in [0.05, 0.1) is 0 Å². The third kappa shape index (κ3) is 4.78. The molecule has 6 nitrogen and oxygen atoms in total. The lowest BCUT2D eigenvalue weighted by atomic mass is 10.1. The summed E-state index contributed by atoms with van der Waals surface area (Å²) in [6.45, 7) is 2.73. The molecule has 0 saturated heterocycles. The molecule has 0 aromatic carbocycles. The van der Waals surface area contributed by atoms with E-state index in [1.54, 1.807) is 6.92 Å². The van der Waals surface area contributed by atoms with Crippen LogP contribution in [0.15, 0.2) is 0 Å². The topological polar surface area (TPSA) is 113 Å². The zero-order chi connectivity index (χ0) is 11.4. The van der Waals surface area contributed by atoms with Gasteiger partial charge in [-0.2, -0.15) is 0 Å². The molecule has 0 spiro atoms. The maximum absolute atomic E-state index is 10.5. The van der Waals surface area contributed by atoms with E-state index in [1.165, 1.54) is 6.92 Å². The van der Waals surface area contributed by atoms with Crippen LogP contribution in [0.5, 0.6) is 0 Å². The van der Waals surface area contributed by atoms with E-state index in [1.807, 2.05) is 0 Å². The fraction of sp³-hybridized carbons (Fsp3) is 0.750. The fourth-order valence-corrected chi connectivity index (χ4v) is 0.823. The van der Waals surface area contributed by atoms with Gasteiger partial charge in [0, 0.05) is 19.0 Å². The second kappa shape index (κ2) is 4.92. The molecule has 0 saturated carbocycles. The number of hydrogen-bond acceptors (Lipinski definition) is 4. The van der Waals surface area contributed by atoms with Gasteiger partial charge in [-0.3, -0.25) is 4.79 Å². The fourth-order valence-electron chi connectivity index (χ4n) is 0.823. The molecule has 5 N–H and O–H groups in total. The number of primary amides is 1. The number of rotatable bonds is 6. The molecule has 0 aromatic rings. The Morgan fingerprint density at radius 1 is 1.57 bits per heavy atom. The smallest absolute Gasteiger partial charge is 0.336 e. The number of amides is 1. The molecule has 0 radical (unpaired) electrons. The predicted octanol–water partition coefficient (Wildman–Crippen LogP) is -1.32. The Morgan fingerprint density at radius 2 is 2.07 bits per heavy atom. The first kappa shape index (κ1) is 12.9. The Bertz CT molecular complexity index is 227. The number of carbonyl (C=O) groups is 2. The van der Waals surface area contributed by atoms with Gasteiger partial charge < -0.3 is 21.3 Å². The second-order valence-electron chi connectivity index (χ2n) is 3.53. The van der Waals surface area contributed by atoms with Gasteiger partial charge in [-0.1, -0.05) is 0 Å². The summed E-state index contributed by atoms with van der Waals surface area (Å²) in [5, 5.41) is 20.6. The first-order chi connectivity index (χ1) is 6.25. The third-order valence-electron chi connectivity index (χ3n) is 1.76. The normalized spacial score (nSPS) is 17.1. The number of carboxylic acids is 1. The molecular weight excluding hydrogens is 188 g/mol. The number of aliphatic hydroxyl groups is 1. The predicted molar refractivity (Wildman–Crippen MR) is 49.5 cm³/mol. The number of carbonyl (C=O) groups excluding carboxylic acids is 1. The standard InChI is InChI=1S/C8H16N2O4/c1-5(3-6(9)11)10-4-8(2,14)7(12)13/h5,10,14H,3-4H2,1-2H3,(H2,9,11)(H,12,13). The SMILES string of the molecule is CC(CC(N)=O)NCC(C)(O)C(=O)O. The molecule has 0 aliphatic heterocycles. The van der Waals surface area contributed by atoms with E-state index in [0.717, 1.165) is 0 Å². The van der Waals surface area contributed by atoms with Crippen molar-refractivity contribution in [1.29, 1.82) is 0 Å². The largest absolute Gasteiger partial charge is 0.479 e. The minimum absolute atomic E-state index is 0.107. The summed E-state index contributed by atoms with van der Waals surface area (Å²) in [7, 11) is 0. The lowest BCUT2D eigenvalue weighted by molar-refractivity contribution is -0.156. The molecule has 0 aliphatic rings. The highest BCUT2D eigenvalue weighted by molar-refractivity contribution is 5.77. The van der Waals surface area contributed by atoms with Gasteiger partial charge in [-0.15, -0.1) is 0 Å². The van der Waals surface area contributed by atoms with Crippen molar-refractivity contribution in [2.24, 2.45) is 5.73 Å². The number of aliphatic carboxylic acids is 1. The quantitative estimate of drug-likeness (QED) is 0.428. The van der Waals surface area contributed by atoms with Crippen molar-refractivity contribution in [2.75, 3.05) is 6.54 Å². The van der Waals surface area contributed by atoms with Crippen LogP contribution in [-0.4, -0.2) is 40.3 Å². The molecule has 0 aliphatic carbocycles. The highest BCUT2D eigenvalue weighted by atomic mass is 16.4. The number of carboxylic acid groups (broad SMARTS) is 1. The monoisotopic (exact) mass is 204 g/mol. The van der Waals surface area contributed by atoms with Crippen molar-refractivity contribution in [1.82, 2.24) is 5.32 Å². The van der Waals surface area contributed by atoms with Crippen molar-refractivity contribution >= 4 is 11.9 Å². The van der Waals surface area contributed by atoms with Crippen LogP contribution in [0.3, 0.4) is 0 Å². The molecule has 82 valence electrons. The zero-order valence-electron chi connectivity index (χ0n) is 8.28. The Balaban J connectivity index is 3.93. The van der Waals surface area contributed by atoms with Crippen LogP contribution in [0.25, 0.3) is 0 Å². The summed E-state index contributed by atoms with van der Waals surface area (Å²) in [5.41, 5.74) is 3.11. The van der Waals surface area contributed by atoms with Crippen molar-refractivity contribution in [3.63, 3.8) is 0 Å². The molecule has 0 bridgehead atoms. The lowest BCUT2D eigenvalue weighted by Crippen LogP contribution is -2.47. The molecular formula is C8H16N2O4. The van der Waals surface area contributed by atoms with Crippen LogP contribution < -0.4 is 11.1 Å². The zero-order valence-corrected chi connectivity index (χ0v) is 8.28. The van der Waals surface area contributed by atoms with Gasteiger partial charge in [0.2, 0.25) is 5.91 Å². The Hall–Kier alpha value is -1.14. The van der Waals surface area contributed by atoms with Gasteiger partial charge in [0.1, 0.15) is 0 Å². The molecule has 2 unspecified atom stereocenters. The van der Waals surface area contributed by atoms with Crippen LogP contribution in [0.4, 0.5) is 0 Å². The summed E-state index contributed by atoms with van der Waals surface area (Å²) in [6.07, 6.45) is 0.107. The molecule has 0 aromatic heterocycles. The summed E-state index contributed by atoms with van der Waals surface area (Å²) in [6, 6.07) is -0.252. The van der Waals surface area contributed by atoms with Crippen LogP contribution in [0, 0.1) is 0 Å². The number of nitrogens with one attached hydrogen (secondary N) is 1. The van der Waals surface area contributed by atoms with Crippen LogP contribution >= 0.6 is 0 Å². The first-order valence-corrected chi connectivity index (χ1v) is 4.23. The van der Waals surface area contributed by atoms with E-state index in [-0.39, 0.29) is 19.0 Å². The van der Waals surface area contributed by atoms with E-state index in [0.29, 0.717) is 0 Å². The highest BCUT2D eigenvalue weighted by Gasteiger charge is 2.29. The van der Waals surface area contributed by atoms with Crippen molar-refractivity contribution in [3.8, 4) is 0 Å². The van der Waals surface area contributed by atoms with E-state index in [4.69, 9.17) is 10.8 Å². The van der Waals surface area contributed by atoms with E-state index < -0.39 is 17.5 Å². The van der Waals surface area contributed by atoms with Gasteiger partial charge in [-0.05, 0) is 13.8 Å². The Kier molecular flexibility index (Phi) is 4.52. The van der Waals surface area contributed by atoms with Crippen molar-refractivity contribution in [3.05, 3.63) is 0 Å². The second-order valence-corrected chi connectivity index (χ2v) is 3.53. The molecule has 0 heterocycles. The molecule has 6 heteroatoms. The van der Waals surface area contributed by atoms with Crippen molar-refractivity contribution in [2.45, 2.75) is 31.9 Å². The lowest BCUT2D eigenvalue weighted by Gasteiger charge is -2.21. The summed E-state index contributed by atoms with van der Waals surface area (Å²) in [5.74, 6) is -1.78. The minimum atomic E-state index is -1.83. The number of nitrogens with two attached hydrogens (primary N) is 1. The summed E-state index contributed by atoms with van der Waals surface area (Å²) in [4.78, 5) is 20.9. The van der Waals surface area contributed by atoms with Gasteiger partial charge in [-0.25, -0.2) is 4.79 Å². The summed E-state index contributed by atoms with van der Waals surface area (Å²) < 4.78 is 0. The van der Waals surface area contributed by atoms with Gasteiger partial charge >= 0.3 is 5.97 Å². The molecule has 1 amide bonds. The molecule has 0 fully saturated rings. The minimum Gasteiger partial charge on any atom is -0.479 e. The summed E-state index contributed by atoms with van der Waals surface area (Å²) >= 11 is 0. The highest BCUT2D eigenvalue weighted by Crippen LogP contribution is 2.02.